The summed E-state index contributed by atoms with van der Waals surface area (Å²) in [7, 11) is 1.50. The van der Waals surface area contributed by atoms with Crippen LogP contribution in [0.4, 0.5) is 10.1 Å². The first kappa shape index (κ1) is 21.5. The Morgan fingerprint density at radius 3 is 2.45 bits per heavy atom. The molecule has 4 rings (SSSR count). The molecule has 162 valence electrons. The summed E-state index contributed by atoms with van der Waals surface area (Å²) in [4.78, 5) is 12.9. The van der Waals surface area contributed by atoms with Crippen LogP contribution in [-0.4, -0.2) is 22.8 Å². The van der Waals surface area contributed by atoms with Crippen LogP contribution in [0.15, 0.2) is 90.6 Å². The molecule has 0 saturated carbocycles. The van der Waals surface area contributed by atoms with Gasteiger partial charge in [0.1, 0.15) is 23.2 Å². The van der Waals surface area contributed by atoms with E-state index in [1.807, 2.05) is 36.4 Å². The van der Waals surface area contributed by atoms with Crippen LogP contribution in [0.3, 0.4) is 0 Å². The van der Waals surface area contributed by atoms with Crippen LogP contribution in [-0.2, 0) is 4.79 Å². The molecular formula is C26H19FN4O2. The molecule has 0 aliphatic rings. The van der Waals surface area contributed by atoms with Crippen LogP contribution < -0.4 is 10.1 Å². The zero-order chi connectivity index (χ0) is 23.2. The quantitative estimate of drug-likeness (QED) is 0.330. The Balaban J connectivity index is 1.75. The molecule has 0 radical (unpaired) electrons. The van der Waals surface area contributed by atoms with E-state index >= 15 is 0 Å². The van der Waals surface area contributed by atoms with Crippen molar-refractivity contribution in [2.75, 3.05) is 12.4 Å². The predicted molar refractivity (Wildman–Crippen MR) is 124 cm³/mol. The molecule has 6 nitrogen and oxygen atoms in total. The molecule has 3 aromatic carbocycles. The number of nitrogens with zero attached hydrogens (tertiary/aromatic N) is 3. The van der Waals surface area contributed by atoms with Crippen molar-refractivity contribution >= 4 is 17.7 Å². The number of carbonyl (C=O) groups excluding carboxylic acids is 1. The van der Waals surface area contributed by atoms with Crippen LogP contribution in [0, 0.1) is 17.1 Å². The van der Waals surface area contributed by atoms with E-state index in [4.69, 9.17) is 4.74 Å². The van der Waals surface area contributed by atoms with Crippen molar-refractivity contribution in [3.63, 3.8) is 0 Å². The van der Waals surface area contributed by atoms with E-state index < -0.39 is 5.91 Å². The molecule has 0 spiro atoms. The summed E-state index contributed by atoms with van der Waals surface area (Å²) in [6.07, 6.45) is 3.19. The monoisotopic (exact) mass is 438 g/mol. The third kappa shape index (κ3) is 4.81. The largest absolute Gasteiger partial charge is 0.495 e. The third-order valence-corrected chi connectivity index (χ3v) is 4.90. The Bertz CT molecular complexity index is 1350. The minimum Gasteiger partial charge on any atom is -0.495 e. The number of ether oxygens (including phenoxy) is 1. The number of rotatable bonds is 6. The Labute approximate surface area is 190 Å². The van der Waals surface area contributed by atoms with Crippen LogP contribution in [0.2, 0.25) is 0 Å². The molecule has 0 unspecified atom stereocenters. The second-order valence-corrected chi connectivity index (χ2v) is 7.04. The van der Waals surface area contributed by atoms with Crippen molar-refractivity contribution in [3.05, 3.63) is 102 Å². The van der Waals surface area contributed by atoms with Crippen molar-refractivity contribution in [3.8, 4) is 28.8 Å². The topological polar surface area (TPSA) is 79.9 Å². The highest BCUT2D eigenvalue weighted by Gasteiger charge is 2.16. The number of carbonyl (C=O) groups is 1. The van der Waals surface area contributed by atoms with Gasteiger partial charge in [0, 0.05) is 17.3 Å². The summed E-state index contributed by atoms with van der Waals surface area (Å²) in [5.74, 6) is -0.473. The molecule has 1 aromatic heterocycles. The van der Waals surface area contributed by atoms with Crippen molar-refractivity contribution in [1.29, 1.82) is 5.26 Å². The van der Waals surface area contributed by atoms with Crippen LogP contribution >= 0.6 is 0 Å². The van der Waals surface area contributed by atoms with Crippen molar-refractivity contribution in [1.82, 2.24) is 9.78 Å². The van der Waals surface area contributed by atoms with Gasteiger partial charge < -0.3 is 10.1 Å². The Morgan fingerprint density at radius 2 is 1.76 bits per heavy atom. The van der Waals surface area contributed by atoms with E-state index in [0.717, 1.165) is 5.69 Å². The van der Waals surface area contributed by atoms with Gasteiger partial charge >= 0.3 is 0 Å². The maximum absolute atomic E-state index is 13.5. The summed E-state index contributed by atoms with van der Waals surface area (Å²) in [6, 6.07) is 24.2. The van der Waals surface area contributed by atoms with E-state index in [-0.39, 0.29) is 11.4 Å². The smallest absolute Gasteiger partial charge is 0.266 e. The third-order valence-electron chi connectivity index (χ3n) is 4.90. The zero-order valence-corrected chi connectivity index (χ0v) is 17.7. The minimum absolute atomic E-state index is 0.114. The molecule has 0 atom stereocenters. The normalized spacial score (nSPS) is 11.0. The van der Waals surface area contributed by atoms with Gasteiger partial charge in [0.2, 0.25) is 0 Å². The molecule has 0 fully saturated rings. The molecule has 4 aromatic rings. The van der Waals surface area contributed by atoms with E-state index in [1.54, 1.807) is 47.3 Å². The highest BCUT2D eigenvalue weighted by Crippen LogP contribution is 2.27. The van der Waals surface area contributed by atoms with Gasteiger partial charge in [-0.1, -0.05) is 30.3 Å². The second kappa shape index (κ2) is 9.62. The Hall–Kier alpha value is -4.70. The van der Waals surface area contributed by atoms with Gasteiger partial charge in [-0.25, -0.2) is 9.07 Å². The number of halogens is 1. The molecule has 1 N–H and O–H groups in total. The zero-order valence-electron chi connectivity index (χ0n) is 17.7. The molecule has 0 aliphatic carbocycles. The molecule has 33 heavy (non-hydrogen) atoms. The first-order chi connectivity index (χ1) is 16.1. The van der Waals surface area contributed by atoms with Gasteiger partial charge in [0.15, 0.2) is 0 Å². The fourth-order valence-electron chi connectivity index (χ4n) is 3.28. The number of aromatic nitrogens is 2. The Morgan fingerprint density at radius 1 is 1.06 bits per heavy atom. The van der Waals surface area contributed by atoms with Gasteiger partial charge in [-0.15, -0.1) is 0 Å². The van der Waals surface area contributed by atoms with E-state index in [9.17, 15) is 14.4 Å². The second-order valence-electron chi connectivity index (χ2n) is 7.04. The minimum atomic E-state index is -0.584. The number of hydrogen-bond donors (Lipinski definition) is 1. The lowest BCUT2D eigenvalue weighted by Gasteiger charge is -2.09. The highest BCUT2D eigenvalue weighted by atomic mass is 19.1. The van der Waals surface area contributed by atoms with Gasteiger partial charge in [-0.3, -0.25) is 4.79 Å². The van der Waals surface area contributed by atoms with Gasteiger partial charge in [0.05, 0.1) is 24.2 Å². The SMILES string of the molecule is COc1ccccc1NC(=O)/C(C#N)=C/c1cn(-c2ccccc2)nc1-c1ccc(F)cc1. The lowest BCUT2D eigenvalue weighted by Crippen LogP contribution is -2.14. The maximum Gasteiger partial charge on any atom is 0.266 e. The first-order valence-corrected chi connectivity index (χ1v) is 10.1. The van der Waals surface area contributed by atoms with E-state index in [2.05, 4.69) is 10.4 Å². The molecule has 1 heterocycles. The van der Waals surface area contributed by atoms with Crippen molar-refractivity contribution in [2.45, 2.75) is 0 Å². The number of methoxy groups -OCH3 is 1. The number of benzene rings is 3. The van der Waals surface area contributed by atoms with Crippen molar-refractivity contribution < 1.29 is 13.9 Å². The maximum atomic E-state index is 13.5. The standard InChI is InChI=1S/C26H19FN4O2/c1-33-24-10-6-5-9-23(24)29-26(32)19(16-28)15-20-17-31(22-7-3-2-4-8-22)30-25(20)18-11-13-21(27)14-12-18/h2-15,17H,1H3,(H,29,32)/b19-15+. The predicted octanol–water partition coefficient (Wildman–Crippen LogP) is 5.23. The number of nitrogens with one attached hydrogen (secondary N) is 1. The number of amides is 1. The Kier molecular flexibility index (Phi) is 6.28. The van der Waals surface area contributed by atoms with Gasteiger partial charge in [-0.2, -0.15) is 10.4 Å². The van der Waals surface area contributed by atoms with E-state index in [1.165, 1.54) is 25.3 Å². The first-order valence-electron chi connectivity index (χ1n) is 10.1. The molecule has 0 aliphatic heterocycles. The van der Waals surface area contributed by atoms with Gasteiger partial charge in [0.25, 0.3) is 5.91 Å². The lowest BCUT2D eigenvalue weighted by atomic mass is 10.1. The number of anilines is 1. The molecule has 0 bridgehead atoms. The lowest BCUT2D eigenvalue weighted by molar-refractivity contribution is -0.112. The number of para-hydroxylation sites is 3. The fraction of sp³-hybridized carbons (Fsp3) is 0.0385. The molecule has 7 heteroatoms. The van der Waals surface area contributed by atoms with Crippen LogP contribution in [0.5, 0.6) is 5.75 Å². The summed E-state index contributed by atoms with van der Waals surface area (Å²) < 4.78 is 20.4. The fourth-order valence-corrected chi connectivity index (χ4v) is 3.28. The van der Waals surface area contributed by atoms with E-state index in [0.29, 0.717) is 28.3 Å². The summed E-state index contributed by atoms with van der Waals surface area (Å²) in [6.45, 7) is 0. The molecular weight excluding hydrogens is 419 g/mol. The highest BCUT2D eigenvalue weighted by molar-refractivity contribution is 6.10. The average Bonchev–Trinajstić information content (AvgIpc) is 3.27. The summed E-state index contributed by atoms with van der Waals surface area (Å²) in [5, 5.41) is 17.0. The summed E-state index contributed by atoms with van der Waals surface area (Å²) in [5.41, 5.74) is 2.84. The van der Waals surface area contributed by atoms with Crippen molar-refractivity contribution in [2.24, 2.45) is 0 Å². The average molecular weight is 438 g/mol. The summed E-state index contributed by atoms with van der Waals surface area (Å²) >= 11 is 0. The number of hydrogen-bond acceptors (Lipinski definition) is 4. The molecule has 0 saturated heterocycles. The van der Waals surface area contributed by atoms with Gasteiger partial charge in [-0.05, 0) is 54.6 Å². The molecule has 1 amide bonds. The van der Waals surface area contributed by atoms with Crippen LogP contribution in [0.1, 0.15) is 5.56 Å². The van der Waals surface area contributed by atoms with Crippen LogP contribution in [0.25, 0.3) is 23.0 Å². The number of nitriles is 1.